The zero-order chi connectivity index (χ0) is 11.7. The Balaban J connectivity index is 1.94. The first-order valence-electron chi connectivity index (χ1n) is 5.78. The molecule has 3 aromatic rings. The lowest BCUT2D eigenvalue weighted by molar-refractivity contribution is 0.780. The Hall–Kier alpha value is -2.09. The third kappa shape index (κ3) is 2.07. The summed E-state index contributed by atoms with van der Waals surface area (Å²) in [6.07, 6.45) is 4.33. The van der Waals surface area contributed by atoms with E-state index in [1.165, 1.54) is 10.8 Å². The van der Waals surface area contributed by atoms with Crippen molar-refractivity contribution < 1.29 is 0 Å². The second-order valence-corrected chi connectivity index (χ2v) is 4.33. The van der Waals surface area contributed by atoms with Gasteiger partial charge in [-0.2, -0.15) is 0 Å². The molecule has 0 atom stereocenters. The third-order valence-electron chi connectivity index (χ3n) is 2.90. The fourth-order valence-electron chi connectivity index (χ4n) is 2.11. The molecule has 2 nitrogen and oxygen atoms in total. The summed E-state index contributed by atoms with van der Waals surface area (Å²) >= 11 is 0. The lowest BCUT2D eigenvalue weighted by atomic mass is 10.2. The zero-order valence-electron chi connectivity index (χ0n) is 9.80. The summed E-state index contributed by atoms with van der Waals surface area (Å²) in [6.45, 7) is 2.85. The van der Waals surface area contributed by atoms with Crippen molar-refractivity contribution in [2.45, 2.75) is 13.5 Å². The number of rotatable bonds is 2. The molecule has 0 unspecified atom stereocenters. The van der Waals surface area contributed by atoms with Crippen LogP contribution in [0.15, 0.2) is 54.9 Å². The van der Waals surface area contributed by atoms with Gasteiger partial charge >= 0.3 is 0 Å². The Morgan fingerprint density at radius 2 is 1.65 bits per heavy atom. The second kappa shape index (κ2) is 4.06. The maximum absolute atomic E-state index is 4.52. The van der Waals surface area contributed by atoms with Gasteiger partial charge in [-0.3, -0.25) is 4.98 Å². The molecule has 0 aliphatic rings. The van der Waals surface area contributed by atoms with Gasteiger partial charge in [0.25, 0.3) is 0 Å². The number of aryl methyl sites for hydroxylation is 1. The highest BCUT2D eigenvalue weighted by Gasteiger charge is 1.99. The van der Waals surface area contributed by atoms with Crippen molar-refractivity contribution in [1.29, 1.82) is 0 Å². The third-order valence-corrected chi connectivity index (χ3v) is 2.90. The van der Waals surface area contributed by atoms with Crippen LogP contribution >= 0.6 is 0 Å². The molecule has 2 heteroatoms. The molecule has 17 heavy (non-hydrogen) atoms. The number of benzene rings is 1. The fourth-order valence-corrected chi connectivity index (χ4v) is 2.11. The van der Waals surface area contributed by atoms with Crippen LogP contribution in [-0.2, 0) is 6.54 Å². The van der Waals surface area contributed by atoms with Gasteiger partial charge < -0.3 is 4.57 Å². The minimum Gasteiger partial charge on any atom is -0.347 e. The Morgan fingerprint density at radius 3 is 2.29 bits per heavy atom. The highest BCUT2D eigenvalue weighted by molar-refractivity contribution is 5.82. The van der Waals surface area contributed by atoms with Crippen LogP contribution in [0.25, 0.3) is 10.8 Å². The average Bonchev–Trinajstić information content (AvgIpc) is 2.71. The summed E-state index contributed by atoms with van der Waals surface area (Å²) in [6, 6.07) is 14.5. The van der Waals surface area contributed by atoms with Crippen molar-refractivity contribution in [3.05, 3.63) is 66.2 Å². The minimum atomic E-state index is 0.830. The summed E-state index contributed by atoms with van der Waals surface area (Å²) < 4.78 is 2.19. The van der Waals surface area contributed by atoms with Gasteiger partial charge in [-0.25, -0.2) is 0 Å². The van der Waals surface area contributed by atoms with E-state index >= 15 is 0 Å². The molecule has 0 aliphatic heterocycles. The van der Waals surface area contributed by atoms with Gasteiger partial charge in [0.2, 0.25) is 0 Å². The molecule has 0 fully saturated rings. The molecule has 84 valence electrons. The van der Waals surface area contributed by atoms with E-state index in [0.29, 0.717) is 0 Å². The van der Waals surface area contributed by atoms with Crippen molar-refractivity contribution in [2.24, 2.45) is 0 Å². The molecular weight excluding hydrogens is 208 g/mol. The zero-order valence-corrected chi connectivity index (χ0v) is 9.80. The molecule has 0 aliphatic carbocycles. The average molecular weight is 222 g/mol. The first-order chi connectivity index (χ1) is 8.31. The largest absolute Gasteiger partial charge is 0.347 e. The lowest BCUT2D eigenvalue weighted by Gasteiger charge is -2.02. The number of pyridine rings is 1. The van der Waals surface area contributed by atoms with Crippen LogP contribution in [0.2, 0.25) is 0 Å². The minimum absolute atomic E-state index is 0.830. The molecule has 0 amide bonds. The van der Waals surface area contributed by atoms with E-state index in [-0.39, 0.29) is 0 Å². The quantitative estimate of drug-likeness (QED) is 0.650. The van der Waals surface area contributed by atoms with Crippen LogP contribution in [0.3, 0.4) is 0 Å². The van der Waals surface area contributed by atoms with Crippen LogP contribution in [0.4, 0.5) is 0 Å². The van der Waals surface area contributed by atoms with Gasteiger partial charge in [-0.15, -0.1) is 0 Å². The Labute approximate surface area is 101 Å². The van der Waals surface area contributed by atoms with Gasteiger partial charge in [0.1, 0.15) is 0 Å². The molecule has 0 radical (unpaired) electrons. The summed E-state index contributed by atoms with van der Waals surface area (Å²) in [4.78, 5) is 4.52. The predicted octanol–water partition coefficient (Wildman–Crippen LogP) is 3.39. The Morgan fingerprint density at radius 1 is 0.941 bits per heavy atom. The molecule has 2 aromatic heterocycles. The molecule has 0 spiro atoms. The maximum Gasteiger partial charge on any atom is 0.0643 e. The summed E-state index contributed by atoms with van der Waals surface area (Å²) in [5, 5.41) is 2.56. The van der Waals surface area contributed by atoms with Crippen LogP contribution in [-0.4, -0.2) is 9.55 Å². The molecule has 0 bridgehead atoms. The van der Waals surface area contributed by atoms with Crippen molar-refractivity contribution in [3.63, 3.8) is 0 Å². The van der Waals surface area contributed by atoms with Crippen molar-refractivity contribution in [3.8, 4) is 0 Å². The normalized spacial score (nSPS) is 10.9. The van der Waals surface area contributed by atoms with E-state index in [1.54, 1.807) is 0 Å². The van der Waals surface area contributed by atoms with E-state index in [0.717, 1.165) is 17.9 Å². The summed E-state index contributed by atoms with van der Waals surface area (Å²) in [5.41, 5.74) is 2.17. The van der Waals surface area contributed by atoms with Gasteiger partial charge in [0.05, 0.1) is 12.2 Å². The first-order valence-corrected chi connectivity index (χ1v) is 5.78. The van der Waals surface area contributed by atoms with E-state index in [4.69, 9.17) is 0 Å². The topological polar surface area (TPSA) is 17.8 Å². The molecular formula is C15H14N2. The SMILES string of the molecule is Cc1cccc(Cn2cc3ccccc3c2)n1. The molecule has 2 heterocycles. The van der Waals surface area contributed by atoms with Gasteiger partial charge in [-0.05, 0) is 29.8 Å². The first kappa shape index (κ1) is 10.1. The standard InChI is InChI=1S/C15H14N2/c1-12-5-4-8-15(16-12)11-17-9-13-6-2-3-7-14(13)10-17/h2-10H,11H2,1H3. The monoisotopic (exact) mass is 222 g/mol. The number of aromatic nitrogens is 2. The van der Waals surface area contributed by atoms with E-state index < -0.39 is 0 Å². The van der Waals surface area contributed by atoms with Crippen LogP contribution in [0.5, 0.6) is 0 Å². The second-order valence-electron chi connectivity index (χ2n) is 4.33. The summed E-state index contributed by atoms with van der Waals surface area (Å²) in [7, 11) is 0. The number of hydrogen-bond acceptors (Lipinski definition) is 1. The lowest BCUT2D eigenvalue weighted by Crippen LogP contribution is -1.99. The van der Waals surface area contributed by atoms with Crippen LogP contribution in [0.1, 0.15) is 11.4 Å². The van der Waals surface area contributed by atoms with E-state index in [1.807, 2.05) is 13.0 Å². The number of hydrogen-bond donors (Lipinski definition) is 0. The van der Waals surface area contributed by atoms with Gasteiger partial charge in [0, 0.05) is 18.1 Å². The van der Waals surface area contributed by atoms with Crippen molar-refractivity contribution in [1.82, 2.24) is 9.55 Å². The smallest absolute Gasteiger partial charge is 0.0643 e. The number of nitrogens with zero attached hydrogens (tertiary/aromatic N) is 2. The molecule has 0 saturated carbocycles. The highest BCUT2D eigenvalue weighted by atomic mass is 15.0. The van der Waals surface area contributed by atoms with E-state index in [2.05, 4.69) is 58.3 Å². The number of fused-ring (bicyclic) bond motifs is 1. The highest BCUT2D eigenvalue weighted by Crippen LogP contribution is 2.15. The Kier molecular flexibility index (Phi) is 2.41. The molecule has 0 N–H and O–H groups in total. The molecule has 3 rings (SSSR count). The predicted molar refractivity (Wildman–Crippen MR) is 70.0 cm³/mol. The summed E-state index contributed by atoms with van der Waals surface area (Å²) in [5.74, 6) is 0. The van der Waals surface area contributed by atoms with Crippen molar-refractivity contribution in [2.75, 3.05) is 0 Å². The van der Waals surface area contributed by atoms with Gasteiger partial charge in [0.15, 0.2) is 0 Å². The Bertz CT molecular complexity index is 620. The maximum atomic E-state index is 4.52. The fraction of sp³-hybridized carbons (Fsp3) is 0.133. The van der Waals surface area contributed by atoms with Crippen LogP contribution in [0, 0.1) is 6.92 Å². The molecule has 1 aromatic carbocycles. The van der Waals surface area contributed by atoms with Crippen LogP contribution < -0.4 is 0 Å². The van der Waals surface area contributed by atoms with Crippen molar-refractivity contribution >= 4 is 10.8 Å². The molecule has 0 saturated heterocycles. The van der Waals surface area contributed by atoms with E-state index in [9.17, 15) is 0 Å². The van der Waals surface area contributed by atoms with Gasteiger partial charge in [-0.1, -0.05) is 30.3 Å².